The van der Waals surface area contributed by atoms with E-state index in [1.165, 1.54) is 24.8 Å². The number of benzene rings is 2. The summed E-state index contributed by atoms with van der Waals surface area (Å²) in [7, 11) is 4.09. The van der Waals surface area contributed by atoms with E-state index in [9.17, 15) is 9.90 Å². The van der Waals surface area contributed by atoms with E-state index < -0.39 is 5.54 Å². The smallest absolute Gasteiger partial charge is 0.244 e. The highest BCUT2D eigenvalue weighted by Gasteiger charge is 2.46. The van der Waals surface area contributed by atoms with Crippen LogP contribution in [0.4, 0.5) is 5.69 Å². The second kappa shape index (κ2) is 11.9. The monoisotopic (exact) mass is 492 g/mol. The van der Waals surface area contributed by atoms with E-state index in [1.54, 1.807) is 0 Å². The van der Waals surface area contributed by atoms with Gasteiger partial charge in [-0.1, -0.05) is 55.0 Å². The molecule has 1 saturated carbocycles. The standard InChI is InChI=1S/C30H44N4O2/c1-23-10-8-11-24(2)28(23)31-29(36)30(32(3)4)16-18-33(19-17-30)26-14-9-15-27(26)34(20-21-35)22-25-12-6-5-7-13-25/h5-8,10-13,26-27,35H,9,14-22H2,1-4H3,(H,31,36). The maximum absolute atomic E-state index is 13.7. The van der Waals surface area contributed by atoms with Crippen LogP contribution in [0.15, 0.2) is 48.5 Å². The molecule has 6 nitrogen and oxygen atoms in total. The van der Waals surface area contributed by atoms with Crippen LogP contribution < -0.4 is 5.32 Å². The summed E-state index contributed by atoms with van der Waals surface area (Å²) < 4.78 is 0. The maximum atomic E-state index is 13.7. The van der Waals surface area contributed by atoms with Gasteiger partial charge in [0.2, 0.25) is 5.91 Å². The van der Waals surface area contributed by atoms with Crippen LogP contribution in [0, 0.1) is 13.8 Å². The lowest BCUT2D eigenvalue weighted by molar-refractivity contribution is -0.130. The summed E-state index contributed by atoms with van der Waals surface area (Å²) in [6, 6.07) is 17.7. The van der Waals surface area contributed by atoms with Crippen molar-refractivity contribution in [1.29, 1.82) is 0 Å². The van der Waals surface area contributed by atoms with Crippen molar-refractivity contribution >= 4 is 11.6 Å². The fraction of sp³-hybridized carbons (Fsp3) is 0.567. The zero-order valence-corrected chi connectivity index (χ0v) is 22.5. The molecule has 2 aromatic rings. The van der Waals surface area contributed by atoms with Gasteiger partial charge < -0.3 is 10.4 Å². The minimum absolute atomic E-state index is 0.110. The van der Waals surface area contributed by atoms with Crippen LogP contribution in [-0.2, 0) is 11.3 Å². The van der Waals surface area contributed by atoms with Crippen LogP contribution in [-0.4, -0.2) is 83.7 Å². The third kappa shape index (κ3) is 5.67. The Morgan fingerprint density at radius 1 is 1.03 bits per heavy atom. The van der Waals surface area contributed by atoms with Gasteiger partial charge in [-0.05, 0) is 70.3 Å². The van der Waals surface area contributed by atoms with Gasteiger partial charge in [0.25, 0.3) is 0 Å². The highest BCUT2D eigenvalue weighted by molar-refractivity contribution is 5.99. The van der Waals surface area contributed by atoms with Crippen molar-refractivity contribution in [1.82, 2.24) is 14.7 Å². The van der Waals surface area contributed by atoms with E-state index in [0.29, 0.717) is 18.6 Å². The molecule has 0 radical (unpaired) electrons. The van der Waals surface area contributed by atoms with Crippen LogP contribution in [0.25, 0.3) is 0 Å². The molecule has 36 heavy (non-hydrogen) atoms. The highest BCUT2D eigenvalue weighted by atomic mass is 16.3. The molecule has 6 heteroatoms. The zero-order valence-electron chi connectivity index (χ0n) is 22.5. The molecule has 1 aliphatic carbocycles. The van der Waals surface area contributed by atoms with Crippen LogP contribution >= 0.6 is 0 Å². The van der Waals surface area contributed by atoms with Crippen molar-refractivity contribution < 1.29 is 9.90 Å². The number of rotatable bonds is 9. The number of carbonyl (C=O) groups excluding carboxylic acids is 1. The lowest BCUT2D eigenvalue weighted by Crippen LogP contribution is -2.62. The molecule has 196 valence electrons. The second-order valence-electron chi connectivity index (χ2n) is 10.9. The molecule has 1 aliphatic heterocycles. The number of likely N-dealkylation sites (tertiary alicyclic amines) is 1. The number of likely N-dealkylation sites (N-methyl/N-ethyl adjacent to an activating group) is 1. The molecule has 2 aliphatic rings. The largest absolute Gasteiger partial charge is 0.395 e. The number of hydrogen-bond acceptors (Lipinski definition) is 5. The molecular formula is C30H44N4O2. The lowest BCUT2D eigenvalue weighted by atomic mass is 9.84. The first-order valence-corrected chi connectivity index (χ1v) is 13.5. The van der Waals surface area contributed by atoms with E-state index in [1.807, 2.05) is 20.2 Å². The first-order chi connectivity index (χ1) is 17.4. The Hall–Kier alpha value is -2.25. The molecule has 2 fully saturated rings. The number of carbonyl (C=O) groups is 1. The molecule has 1 amide bonds. The number of nitrogens with one attached hydrogen (secondary N) is 1. The molecular weight excluding hydrogens is 448 g/mol. The summed E-state index contributed by atoms with van der Waals surface area (Å²) in [5.74, 6) is 0.110. The summed E-state index contributed by atoms with van der Waals surface area (Å²) in [4.78, 5) is 21.0. The van der Waals surface area contributed by atoms with Crippen LogP contribution in [0.5, 0.6) is 0 Å². The average Bonchev–Trinajstić information content (AvgIpc) is 3.36. The topological polar surface area (TPSA) is 59.1 Å². The Morgan fingerprint density at radius 3 is 2.31 bits per heavy atom. The maximum Gasteiger partial charge on any atom is 0.244 e. The van der Waals surface area contributed by atoms with Crippen molar-refractivity contribution in [2.75, 3.05) is 45.7 Å². The Bertz CT molecular complexity index is 981. The van der Waals surface area contributed by atoms with Gasteiger partial charge in [-0.15, -0.1) is 0 Å². The molecule has 2 N–H and O–H groups in total. The lowest BCUT2D eigenvalue weighted by Gasteiger charge is -2.48. The van der Waals surface area contributed by atoms with E-state index in [-0.39, 0.29) is 12.5 Å². The molecule has 2 atom stereocenters. The Balaban J connectivity index is 1.45. The number of piperidine rings is 1. The van der Waals surface area contributed by atoms with Crippen molar-refractivity contribution in [3.8, 4) is 0 Å². The van der Waals surface area contributed by atoms with Crippen molar-refractivity contribution in [3.05, 3.63) is 65.2 Å². The van der Waals surface area contributed by atoms with E-state index in [4.69, 9.17) is 0 Å². The highest BCUT2D eigenvalue weighted by Crippen LogP contribution is 2.36. The number of para-hydroxylation sites is 1. The molecule has 0 bridgehead atoms. The SMILES string of the molecule is Cc1cccc(C)c1NC(=O)C1(N(C)C)CCN(C2CCCC2N(CCO)Cc2ccccc2)CC1. The zero-order chi connectivity index (χ0) is 25.7. The summed E-state index contributed by atoms with van der Waals surface area (Å²) in [5.41, 5.74) is 3.94. The molecule has 1 saturated heterocycles. The van der Waals surface area contributed by atoms with Crippen molar-refractivity contribution in [2.45, 2.75) is 70.1 Å². The van der Waals surface area contributed by atoms with E-state index in [0.717, 1.165) is 49.3 Å². The minimum Gasteiger partial charge on any atom is -0.395 e. The third-order valence-electron chi connectivity index (χ3n) is 8.62. The predicted molar refractivity (Wildman–Crippen MR) is 147 cm³/mol. The summed E-state index contributed by atoms with van der Waals surface area (Å²) in [6.45, 7) is 7.69. The van der Waals surface area contributed by atoms with Gasteiger partial charge >= 0.3 is 0 Å². The van der Waals surface area contributed by atoms with Crippen LogP contribution in [0.2, 0.25) is 0 Å². The van der Waals surface area contributed by atoms with Gasteiger partial charge in [0.15, 0.2) is 0 Å². The van der Waals surface area contributed by atoms with E-state index in [2.05, 4.69) is 76.3 Å². The Kier molecular flexibility index (Phi) is 8.83. The molecule has 2 aromatic carbocycles. The first kappa shape index (κ1) is 26.8. The van der Waals surface area contributed by atoms with Crippen LogP contribution in [0.3, 0.4) is 0 Å². The second-order valence-corrected chi connectivity index (χ2v) is 10.9. The van der Waals surface area contributed by atoms with Gasteiger partial charge in [-0.3, -0.25) is 19.5 Å². The number of aliphatic hydroxyl groups is 1. The number of hydrogen-bond donors (Lipinski definition) is 2. The van der Waals surface area contributed by atoms with Crippen molar-refractivity contribution in [2.24, 2.45) is 0 Å². The van der Waals surface area contributed by atoms with Gasteiger partial charge in [0, 0.05) is 44.0 Å². The predicted octanol–water partition coefficient (Wildman–Crippen LogP) is 4.05. The van der Waals surface area contributed by atoms with E-state index >= 15 is 0 Å². The Labute approximate surface area is 217 Å². The fourth-order valence-corrected chi connectivity index (χ4v) is 6.43. The van der Waals surface area contributed by atoms with Crippen molar-refractivity contribution in [3.63, 3.8) is 0 Å². The number of aliphatic hydroxyl groups excluding tert-OH is 1. The summed E-state index contributed by atoms with van der Waals surface area (Å²) in [6.07, 6.45) is 5.20. The number of anilines is 1. The number of nitrogens with zero attached hydrogens (tertiary/aromatic N) is 3. The van der Waals surface area contributed by atoms with Gasteiger partial charge in [-0.2, -0.15) is 0 Å². The molecule has 4 rings (SSSR count). The molecule has 1 heterocycles. The minimum atomic E-state index is -0.506. The fourth-order valence-electron chi connectivity index (χ4n) is 6.43. The Morgan fingerprint density at radius 2 is 1.69 bits per heavy atom. The first-order valence-electron chi connectivity index (χ1n) is 13.5. The molecule has 0 spiro atoms. The summed E-state index contributed by atoms with van der Waals surface area (Å²) in [5, 5.41) is 13.1. The van der Waals surface area contributed by atoms with Gasteiger partial charge in [0.05, 0.1) is 6.61 Å². The average molecular weight is 493 g/mol. The molecule has 2 unspecified atom stereocenters. The van der Waals surface area contributed by atoms with Crippen LogP contribution in [0.1, 0.15) is 48.8 Å². The third-order valence-corrected chi connectivity index (χ3v) is 8.62. The summed E-state index contributed by atoms with van der Waals surface area (Å²) >= 11 is 0. The normalized spacial score (nSPS) is 22.3. The van der Waals surface area contributed by atoms with Gasteiger partial charge in [-0.25, -0.2) is 0 Å². The number of amides is 1. The molecule has 0 aromatic heterocycles. The van der Waals surface area contributed by atoms with Gasteiger partial charge in [0.1, 0.15) is 5.54 Å². The quantitative estimate of drug-likeness (QED) is 0.553. The number of aryl methyl sites for hydroxylation is 2.